The van der Waals surface area contributed by atoms with Crippen molar-refractivity contribution in [1.29, 1.82) is 0 Å². The number of aromatic amines is 1. The number of pyridine rings is 1. The zero-order valence-corrected chi connectivity index (χ0v) is 11.8. The fraction of sp³-hybridized carbons (Fsp3) is 0.0588. The maximum Gasteiger partial charge on any atom is 0.263 e. The SMILES string of the molecule is Nc1c(C(=O)NCc2ccccc2)c(=O)[nH]c2ccccc12. The fourth-order valence-electron chi connectivity index (χ4n) is 2.36. The average Bonchev–Trinajstić information content (AvgIpc) is 2.54. The van der Waals surface area contributed by atoms with E-state index in [0.29, 0.717) is 17.4 Å². The molecule has 0 radical (unpaired) electrons. The predicted molar refractivity (Wildman–Crippen MR) is 86.6 cm³/mol. The van der Waals surface area contributed by atoms with Crippen LogP contribution in [-0.4, -0.2) is 10.9 Å². The number of anilines is 1. The first kappa shape index (κ1) is 13.9. The van der Waals surface area contributed by atoms with E-state index in [0.717, 1.165) is 5.56 Å². The quantitative estimate of drug-likeness (QED) is 0.690. The number of fused-ring (bicyclic) bond motifs is 1. The van der Waals surface area contributed by atoms with Gasteiger partial charge >= 0.3 is 0 Å². The van der Waals surface area contributed by atoms with Crippen LogP contribution in [-0.2, 0) is 6.54 Å². The van der Waals surface area contributed by atoms with E-state index in [1.54, 1.807) is 18.2 Å². The summed E-state index contributed by atoms with van der Waals surface area (Å²) in [7, 11) is 0. The zero-order valence-electron chi connectivity index (χ0n) is 11.8. The van der Waals surface area contributed by atoms with Crippen molar-refractivity contribution in [1.82, 2.24) is 10.3 Å². The lowest BCUT2D eigenvalue weighted by Crippen LogP contribution is -2.30. The Bertz CT molecular complexity index is 885. The highest BCUT2D eigenvalue weighted by atomic mass is 16.2. The van der Waals surface area contributed by atoms with Crippen molar-refractivity contribution in [2.24, 2.45) is 0 Å². The molecule has 5 heteroatoms. The van der Waals surface area contributed by atoms with Gasteiger partial charge in [0.1, 0.15) is 5.56 Å². The largest absolute Gasteiger partial charge is 0.397 e. The summed E-state index contributed by atoms with van der Waals surface area (Å²) < 4.78 is 0. The van der Waals surface area contributed by atoms with Crippen molar-refractivity contribution in [3.05, 3.63) is 76.1 Å². The molecule has 0 bridgehead atoms. The van der Waals surface area contributed by atoms with Gasteiger partial charge in [-0.05, 0) is 11.6 Å². The number of hydrogen-bond acceptors (Lipinski definition) is 3. The third-order valence-electron chi connectivity index (χ3n) is 3.48. The Morgan fingerprint density at radius 3 is 2.50 bits per heavy atom. The third kappa shape index (κ3) is 2.56. The van der Waals surface area contributed by atoms with Crippen molar-refractivity contribution < 1.29 is 4.79 Å². The Kier molecular flexibility index (Phi) is 3.62. The van der Waals surface area contributed by atoms with Gasteiger partial charge in [0.2, 0.25) is 0 Å². The topological polar surface area (TPSA) is 88.0 Å². The monoisotopic (exact) mass is 293 g/mol. The van der Waals surface area contributed by atoms with Crippen LogP contribution in [0.15, 0.2) is 59.4 Å². The van der Waals surface area contributed by atoms with Gasteiger partial charge in [0.05, 0.1) is 11.2 Å². The van der Waals surface area contributed by atoms with Crippen LogP contribution in [0.3, 0.4) is 0 Å². The number of benzene rings is 2. The lowest BCUT2D eigenvalue weighted by Gasteiger charge is -2.09. The molecule has 0 saturated heterocycles. The Morgan fingerprint density at radius 1 is 1.05 bits per heavy atom. The normalized spacial score (nSPS) is 10.5. The van der Waals surface area contributed by atoms with Gasteiger partial charge in [-0.1, -0.05) is 48.5 Å². The van der Waals surface area contributed by atoms with E-state index in [-0.39, 0.29) is 11.3 Å². The molecule has 3 rings (SSSR count). The van der Waals surface area contributed by atoms with Crippen LogP contribution in [0.4, 0.5) is 5.69 Å². The fourth-order valence-corrected chi connectivity index (χ4v) is 2.36. The summed E-state index contributed by atoms with van der Waals surface area (Å²) in [5, 5.41) is 3.38. The summed E-state index contributed by atoms with van der Waals surface area (Å²) in [6.07, 6.45) is 0. The number of amides is 1. The molecule has 1 heterocycles. The van der Waals surface area contributed by atoms with Gasteiger partial charge < -0.3 is 16.0 Å². The molecule has 4 N–H and O–H groups in total. The maximum absolute atomic E-state index is 12.3. The molecule has 0 atom stereocenters. The molecule has 0 unspecified atom stereocenters. The van der Waals surface area contributed by atoms with E-state index >= 15 is 0 Å². The van der Waals surface area contributed by atoms with Gasteiger partial charge in [-0.2, -0.15) is 0 Å². The zero-order chi connectivity index (χ0) is 15.5. The second kappa shape index (κ2) is 5.73. The first-order valence-corrected chi connectivity index (χ1v) is 6.89. The van der Waals surface area contributed by atoms with E-state index in [4.69, 9.17) is 5.73 Å². The number of rotatable bonds is 3. The first-order valence-electron chi connectivity index (χ1n) is 6.89. The minimum absolute atomic E-state index is 0.0466. The van der Waals surface area contributed by atoms with Crippen LogP contribution < -0.4 is 16.6 Å². The van der Waals surface area contributed by atoms with Crippen molar-refractivity contribution in [3.8, 4) is 0 Å². The van der Waals surface area contributed by atoms with Crippen molar-refractivity contribution >= 4 is 22.5 Å². The van der Waals surface area contributed by atoms with E-state index in [1.807, 2.05) is 36.4 Å². The molecule has 0 aliphatic rings. The lowest BCUT2D eigenvalue weighted by molar-refractivity contribution is 0.0950. The van der Waals surface area contributed by atoms with Gasteiger partial charge in [-0.15, -0.1) is 0 Å². The molecule has 0 aliphatic carbocycles. The van der Waals surface area contributed by atoms with Crippen LogP contribution in [0.1, 0.15) is 15.9 Å². The van der Waals surface area contributed by atoms with E-state index in [1.165, 1.54) is 0 Å². The minimum Gasteiger partial charge on any atom is -0.397 e. The van der Waals surface area contributed by atoms with E-state index in [9.17, 15) is 9.59 Å². The Hall–Kier alpha value is -3.08. The van der Waals surface area contributed by atoms with Crippen LogP contribution >= 0.6 is 0 Å². The number of nitrogens with two attached hydrogens (primary N) is 1. The van der Waals surface area contributed by atoms with Crippen molar-refractivity contribution in [2.45, 2.75) is 6.54 Å². The molecular formula is C17H15N3O2. The van der Waals surface area contributed by atoms with Crippen LogP contribution in [0.5, 0.6) is 0 Å². The summed E-state index contributed by atoms with van der Waals surface area (Å²) in [5.41, 5.74) is 7.24. The molecule has 110 valence electrons. The molecular weight excluding hydrogens is 278 g/mol. The molecule has 0 fully saturated rings. The summed E-state index contributed by atoms with van der Waals surface area (Å²) >= 11 is 0. The first-order chi connectivity index (χ1) is 10.7. The van der Waals surface area contributed by atoms with Crippen LogP contribution in [0.2, 0.25) is 0 Å². The Morgan fingerprint density at radius 2 is 1.73 bits per heavy atom. The van der Waals surface area contributed by atoms with Gasteiger partial charge in [-0.3, -0.25) is 9.59 Å². The Labute approximate surface area is 126 Å². The molecule has 5 nitrogen and oxygen atoms in total. The molecule has 1 amide bonds. The van der Waals surface area contributed by atoms with Crippen LogP contribution in [0.25, 0.3) is 10.9 Å². The van der Waals surface area contributed by atoms with Gasteiger partial charge in [0.15, 0.2) is 0 Å². The van der Waals surface area contributed by atoms with Crippen molar-refractivity contribution in [3.63, 3.8) is 0 Å². The molecule has 1 aromatic heterocycles. The number of nitrogen functional groups attached to an aromatic ring is 1. The Balaban J connectivity index is 1.92. The summed E-state index contributed by atoms with van der Waals surface area (Å²) in [6, 6.07) is 16.6. The van der Waals surface area contributed by atoms with E-state index in [2.05, 4.69) is 10.3 Å². The smallest absolute Gasteiger partial charge is 0.263 e. The second-order valence-corrected chi connectivity index (χ2v) is 4.96. The number of para-hydroxylation sites is 1. The minimum atomic E-state index is -0.484. The number of carbonyl (C=O) groups is 1. The number of carbonyl (C=O) groups excluding carboxylic acids is 1. The highest BCUT2D eigenvalue weighted by molar-refractivity contribution is 6.06. The van der Waals surface area contributed by atoms with Gasteiger partial charge in [-0.25, -0.2) is 0 Å². The highest BCUT2D eigenvalue weighted by Gasteiger charge is 2.17. The molecule has 3 aromatic rings. The maximum atomic E-state index is 12.3. The lowest BCUT2D eigenvalue weighted by atomic mass is 10.1. The average molecular weight is 293 g/mol. The molecule has 0 aliphatic heterocycles. The molecule has 0 spiro atoms. The molecule has 0 saturated carbocycles. The number of aromatic nitrogens is 1. The van der Waals surface area contributed by atoms with E-state index < -0.39 is 11.5 Å². The molecule has 2 aromatic carbocycles. The standard InChI is InChI=1S/C17H15N3O2/c18-15-12-8-4-5-9-13(12)20-17(22)14(15)16(21)19-10-11-6-2-1-3-7-11/h1-9H,10H2,(H,19,21)(H3,18,20,22). The summed E-state index contributed by atoms with van der Waals surface area (Å²) in [6.45, 7) is 0.339. The van der Waals surface area contributed by atoms with Crippen LogP contribution in [0, 0.1) is 0 Å². The van der Waals surface area contributed by atoms with Crippen molar-refractivity contribution in [2.75, 3.05) is 5.73 Å². The second-order valence-electron chi connectivity index (χ2n) is 4.96. The number of hydrogen-bond donors (Lipinski definition) is 3. The summed E-state index contributed by atoms with van der Waals surface area (Å²) in [4.78, 5) is 27.1. The van der Waals surface area contributed by atoms with Gasteiger partial charge in [0.25, 0.3) is 11.5 Å². The number of H-pyrrole nitrogens is 1. The number of nitrogens with one attached hydrogen (secondary N) is 2. The van der Waals surface area contributed by atoms with Gasteiger partial charge in [0, 0.05) is 11.9 Å². The highest BCUT2D eigenvalue weighted by Crippen LogP contribution is 2.20. The summed E-state index contributed by atoms with van der Waals surface area (Å²) in [5.74, 6) is -0.478. The molecule has 22 heavy (non-hydrogen) atoms. The predicted octanol–water partition coefficient (Wildman–Crippen LogP) is 2.04. The third-order valence-corrected chi connectivity index (χ3v) is 3.48.